The van der Waals surface area contributed by atoms with Crippen LogP contribution in [0.2, 0.25) is 5.02 Å². The molecule has 8 heteroatoms. The summed E-state index contributed by atoms with van der Waals surface area (Å²) in [5, 5.41) is 10.1. The quantitative estimate of drug-likeness (QED) is 0.734. The number of carbonyl (C=O) groups is 1. The van der Waals surface area contributed by atoms with Crippen LogP contribution in [0.4, 0.5) is 0 Å². The number of halogens is 1. The second kappa shape index (κ2) is 5.99. The van der Waals surface area contributed by atoms with E-state index in [-0.39, 0.29) is 11.3 Å². The molecule has 0 bridgehead atoms. The van der Waals surface area contributed by atoms with Gasteiger partial charge in [0.25, 0.3) is 0 Å². The molecule has 1 aromatic carbocycles. The van der Waals surface area contributed by atoms with Crippen LogP contribution in [-0.4, -0.2) is 30.5 Å². The number of fused-ring (bicyclic) bond motifs is 1. The van der Waals surface area contributed by atoms with Crippen molar-refractivity contribution in [3.63, 3.8) is 0 Å². The molecule has 1 aromatic heterocycles. The van der Waals surface area contributed by atoms with Gasteiger partial charge in [-0.1, -0.05) is 23.8 Å². The predicted octanol–water partition coefficient (Wildman–Crippen LogP) is 2.52. The van der Waals surface area contributed by atoms with Gasteiger partial charge < -0.3 is 10.1 Å². The predicted molar refractivity (Wildman–Crippen MR) is 86.9 cm³/mol. The minimum atomic E-state index is -3.77. The second-order valence-electron chi connectivity index (χ2n) is 5.51. The normalized spacial score (nSPS) is 21.6. The topological polar surface area (TPSA) is 99.3 Å². The average Bonchev–Trinajstić information content (AvgIpc) is 2.90. The van der Waals surface area contributed by atoms with E-state index in [0.29, 0.717) is 22.3 Å². The Bertz CT molecular complexity index is 888. The highest BCUT2D eigenvalue weighted by Crippen LogP contribution is 2.26. The zero-order valence-electron chi connectivity index (χ0n) is 12.0. The Morgan fingerprint density at radius 1 is 1.39 bits per heavy atom. The molecule has 1 heterocycles. The van der Waals surface area contributed by atoms with Gasteiger partial charge in [0.2, 0.25) is 10.0 Å². The number of rotatable bonds is 4. The van der Waals surface area contributed by atoms with Crippen LogP contribution >= 0.6 is 11.6 Å². The number of aromatic amines is 1. The fourth-order valence-corrected chi connectivity index (χ4v) is 4.29. The molecule has 2 atom stereocenters. The molecular weight excluding hydrogens is 340 g/mol. The van der Waals surface area contributed by atoms with E-state index in [1.165, 1.54) is 6.20 Å². The summed E-state index contributed by atoms with van der Waals surface area (Å²) in [5.41, 5.74) is 0.625. The Labute approximate surface area is 138 Å². The van der Waals surface area contributed by atoms with Crippen LogP contribution < -0.4 is 4.72 Å². The molecule has 0 amide bonds. The van der Waals surface area contributed by atoms with Crippen LogP contribution in [0.5, 0.6) is 0 Å². The van der Waals surface area contributed by atoms with Crippen molar-refractivity contribution < 1.29 is 18.3 Å². The van der Waals surface area contributed by atoms with E-state index < -0.39 is 28.0 Å². The highest BCUT2D eigenvalue weighted by molar-refractivity contribution is 7.89. The van der Waals surface area contributed by atoms with Crippen LogP contribution in [0.3, 0.4) is 0 Å². The largest absolute Gasteiger partial charge is 0.481 e. The maximum atomic E-state index is 12.6. The van der Waals surface area contributed by atoms with Crippen molar-refractivity contribution in [1.29, 1.82) is 0 Å². The number of benzene rings is 1. The summed E-state index contributed by atoms with van der Waals surface area (Å²) in [4.78, 5) is 14.1. The van der Waals surface area contributed by atoms with Gasteiger partial charge in [0.1, 0.15) is 4.90 Å². The van der Waals surface area contributed by atoms with Crippen molar-refractivity contribution in [3.05, 3.63) is 41.6 Å². The smallest absolute Gasteiger partial charge is 0.306 e. The van der Waals surface area contributed by atoms with Gasteiger partial charge in [-0.25, -0.2) is 13.1 Å². The fraction of sp³-hybridized carbons (Fsp3) is 0.267. The molecule has 23 heavy (non-hydrogen) atoms. The molecule has 3 rings (SSSR count). The Hall–Kier alpha value is -1.83. The summed E-state index contributed by atoms with van der Waals surface area (Å²) < 4.78 is 27.7. The Morgan fingerprint density at radius 2 is 2.17 bits per heavy atom. The first kappa shape index (κ1) is 16.0. The number of carboxylic acid groups (broad SMARTS) is 1. The van der Waals surface area contributed by atoms with Gasteiger partial charge in [-0.15, -0.1) is 0 Å². The lowest BCUT2D eigenvalue weighted by atomic mass is 9.92. The van der Waals surface area contributed by atoms with E-state index >= 15 is 0 Å². The molecule has 0 saturated heterocycles. The third kappa shape index (κ3) is 3.26. The molecular formula is C15H15ClN2O4S. The summed E-state index contributed by atoms with van der Waals surface area (Å²) in [6, 6.07) is 4.38. The Balaban J connectivity index is 1.88. The summed E-state index contributed by atoms with van der Waals surface area (Å²) in [6.45, 7) is 0. The number of aromatic nitrogens is 1. The van der Waals surface area contributed by atoms with E-state index in [9.17, 15) is 13.2 Å². The lowest BCUT2D eigenvalue weighted by Gasteiger charge is -2.22. The van der Waals surface area contributed by atoms with Crippen LogP contribution in [-0.2, 0) is 14.8 Å². The standard InChI is InChI=1S/C15H15ClN2O4S/c16-10-4-5-12-13(7-10)17-8-14(12)23(21,22)18-11-3-1-2-9(6-11)15(19)20/h1,3-5,7-9,11,17-18H,2,6H2,(H,19,20)/t9-,11-/m1/s1. The lowest BCUT2D eigenvalue weighted by Crippen LogP contribution is -2.37. The molecule has 122 valence electrons. The molecule has 0 fully saturated rings. The van der Waals surface area contributed by atoms with Crippen LogP contribution in [0.25, 0.3) is 10.9 Å². The molecule has 0 unspecified atom stereocenters. The maximum absolute atomic E-state index is 12.6. The third-order valence-electron chi connectivity index (χ3n) is 3.88. The minimum absolute atomic E-state index is 0.120. The van der Waals surface area contributed by atoms with Crippen molar-refractivity contribution >= 4 is 38.5 Å². The molecule has 0 spiro atoms. The van der Waals surface area contributed by atoms with E-state index in [2.05, 4.69) is 9.71 Å². The number of hydrogen-bond acceptors (Lipinski definition) is 3. The molecule has 6 nitrogen and oxygen atoms in total. The highest BCUT2D eigenvalue weighted by atomic mass is 35.5. The number of hydrogen-bond donors (Lipinski definition) is 3. The van der Waals surface area contributed by atoms with E-state index in [4.69, 9.17) is 16.7 Å². The zero-order valence-corrected chi connectivity index (χ0v) is 13.6. The number of nitrogens with one attached hydrogen (secondary N) is 2. The molecule has 0 radical (unpaired) electrons. The second-order valence-corrected chi connectivity index (χ2v) is 7.62. The van der Waals surface area contributed by atoms with Gasteiger partial charge in [0.05, 0.1) is 5.92 Å². The number of carboxylic acids is 1. The molecule has 3 N–H and O–H groups in total. The van der Waals surface area contributed by atoms with Gasteiger partial charge in [-0.2, -0.15) is 0 Å². The maximum Gasteiger partial charge on any atom is 0.306 e. The Morgan fingerprint density at radius 3 is 2.91 bits per heavy atom. The van der Waals surface area contributed by atoms with Gasteiger partial charge in [-0.3, -0.25) is 4.79 Å². The molecule has 0 aliphatic heterocycles. The van der Waals surface area contributed by atoms with Crippen LogP contribution in [0.1, 0.15) is 12.8 Å². The van der Waals surface area contributed by atoms with Crippen molar-refractivity contribution in [2.75, 3.05) is 0 Å². The molecule has 1 aliphatic rings. The summed E-state index contributed by atoms with van der Waals surface area (Å²) in [6.07, 6.45) is 5.45. The number of aliphatic carboxylic acids is 1. The van der Waals surface area contributed by atoms with Crippen molar-refractivity contribution in [2.45, 2.75) is 23.8 Å². The monoisotopic (exact) mass is 354 g/mol. The first-order chi connectivity index (χ1) is 10.9. The first-order valence-corrected chi connectivity index (χ1v) is 8.91. The SMILES string of the molecule is O=C(O)[C@@H]1CC=C[C@@H](NS(=O)(=O)c2c[nH]c3cc(Cl)ccc23)C1. The van der Waals surface area contributed by atoms with Crippen molar-refractivity contribution in [3.8, 4) is 0 Å². The van der Waals surface area contributed by atoms with Gasteiger partial charge >= 0.3 is 5.97 Å². The number of allylic oxidation sites excluding steroid dienone is 1. The molecule has 2 aromatic rings. The number of sulfonamides is 1. The fourth-order valence-electron chi connectivity index (χ4n) is 2.73. The van der Waals surface area contributed by atoms with Crippen molar-refractivity contribution in [1.82, 2.24) is 9.71 Å². The Kier molecular flexibility index (Phi) is 4.18. The zero-order chi connectivity index (χ0) is 16.6. The average molecular weight is 355 g/mol. The summed E-state index contributed by atoms with van der Waals surface area (Å²) in [7, 11) is -3.77. The number of H-pyrrole nitrogens is 1. The lowest BCUT2D eigenvalue weighted by molar-refractivity contribution is -0.142. The molecule has 1 aliphatic carbocycles. The van der Waals surface area contributed by atoms with Crippen LogP contribution in [0.15, 0.2) is 41.4 Å². The van der Waals surface area contributed by atoms with Gasteiger partial charge in [-0.05, 0) is 31.0 Å². The van der Waals surface area contributed by atoms with Crippen molar-refractivity contribution in [2.24, 2.45) is 5.92 Å². The first-order valence-electron chi connectivity index (χ1n) is 7.05. The highest BCUT2D eigenvalue weighted by Gasteiger charge is 2.28. The van der Waals surface area contributed by atoms with Crippen LogP contribution in [0, 0.1) is 5.92 Å². The molecule has 0 saturated carbocycles. The third-order valence-corrected chi connectivity index (χ3v) is 5.64. The summed E-state index contributed by atoms with van der Waals surface area (Å²) in [5.74, 6) is -1.49. The van der Waals surface area contributed by atoms with E-state index in [0.717, 1.165) is 0 Å². The van der Waals surface area contributed by atoms with E-state index in [1.54, 1.807) is 30.4 Å². The minimum Gasteiger partial charge on any atom is -0.481 e. The summed E-state index contributed by atoms with van der Waals surface area (Å²) >= 11 is 5.89. The van der Waals surface area contributed by atoms with E-state index in [1.807, 2.05) is 0 Å². The van der Waals surface area contributed by atoms with Gasteiger partial charge in [0.15, 0.2) is 0 Å². The van der Waals surface area contributed by atoms with Gasteiger partial charge in [0, 0.05) is 28.2 Å².